The van der Waals surface area contributed by atoms with Crippen molar-refractivity contribution in [3.05, 3.63) is 64.4 Å². The quantitative estimate of drug-likeness (QED) is 0.732. The van der Waals surface area contributed by atoms with E-state index in [-0.39, 0.29) is 17.4 Å². The van der Waals surface area contributed by atoms with Crippen LogP contribution in [-0.4, -0.2) is 23.3 Å². The summed E-state index contributed by atoms with van der Waals surface area (Å²) in [6, 6.07) is 9.99. The Bertz CT molecular complexity index is 714. The first kappa shape index (κ1) is 17.3. The van der Waals surface area contributed by atoms with E-state index in [0.717, 1.165) is 11.6 Å². The van der Waals surface area contributed by atoms with Crippen molar-refractivity contribution in [2.75, 3.05) is 0 Å². The van der Waals surface area contributed by atoms with Crippen molar-refractivity contribution in [2.45, 2.75) is 13.0 Å². The Labute approximate surface area is 137 Å². The van der Waals surface area contributed by atoms with Gasteiger partial charge in [0.05, 0.1) is 11.6 Å². The molecule has 0 bridgehead atoms. The highest BCUT2D eigenvalue weighted by Crippen LogP contribution is 2.20. The SMILES string of the molecule is C[C@@H](NC(=O)c1ccc(OB(O)O)cc1F)c1cccc(Cl)c1. The molecule has 0 fully saturated rings. The van der Waals surface area contributed by atoms with Gasteiger partial charge in [0.15, 0.2) is 0 Å². The Morgan fingerprint density at radius 2 is 2.04 bits per heavy atom. The van der Waals surface area contributed by atoms with Gasteiger partial charge in [-0.25, -0.2) is 4.39 Å². The molecule has 0 unspecified atom stereocenters. The van der Waals surface area contributed by atoms with Crippen LogP contribution in [0.3, 0.4) is 0 Å². The molecule has 0 saturated heterocycles. The van der Waals surface area contributed by atoms with E-state index in [9.17, 15) is 9.18 Å². The van der Waals surface area contributed by atoms with Gasteiger partial charge in [-0.1, -0.05) is 23.7 Å². The summed E-state index contributed by atoms with van der Waals surface area (Å²) < 4.78 is 18.5. The third-order valence-electron chi connectivity index (χ3n) is 3.12. The Kier molecular flexibility index (Phi) is 5.60. The third-order valence-corrected chi connectivity index (χ3v) is 3.36. The number of hydrogen-bond donors (Lipinski definition) is 3. The van der Waals surface area contributed by atoms with Gasteiger partial charge in [0.1, 0.15) is 11.6 Å². The molecular formula is C15H14BClFNO4. The van der Waals surface area contributed by atoms with E-state index in [4.69, 9.17) is 21.6 Å². The molecule has 0 radical (unpaired) electrons. The lowest BCUT2D eigenvalue weighted by Crippen LogP contribution is -2.27. The number of carbonyl (C=O) groups excluding carboxylic acids is 1. The lowest BCUT2D eigenvalue weighted by molar-refractivity contribution is 0.0936. The molecule has 0 spiro atoms. The van der Waals surface area contributed by atoms with Crippen LogP contribution in [0.4, 0.5) is 4.39 Å². The van der Waals surface area contributed by atoms with E-state index < -0.39 is 19.0 Å². The van der Waals surface area contributed by atoms with Gasteiger partial charge in [0, 0.05) is 11.1 Å². The zero-order valence-corrected chi connectivity index (χ0v) is 12.9. The summed E-state index contributed by atoms with van der Waals surface area (Å²) in [4.78, 5) is 12.1. The summed E-state index contributed by atoms with van der Waals surface area (Å²) in [5.41, 5.74) is 0.605. The van der Waals surface area contributed by atoms with E-state index in [1.807, 2.05) is 0 Å². The average Bonchev–Trinajstić information content (AvgIpc) is 2.46. The molecule has 0 aromatic heterocycles. The summed E-state index contributed by atoms with van der Waals surface area (Å²) in [6.45, 7) is 1.75. The maximum Gasteiger partial charge on any atom is 0.707 e. The molecule has 0 aliphatic carbocycles. The molecule has 120 valence electrons. The Balaban J connectivity index is 2.11. The van der Waals surface area contributed by atoms with Crippen molar-refractivity contribution in [3.8, 4) is 5.75 Å². The van der Waals surface area contributed by atoms with E-state index in [2.05, 4.69) is 9.97 Å². The molecule has 0 aliphatic heterocycles. The molecule has 0 saturated carbocycles. The number of hydrogen-bond acceptors (Lipinski definition) is 4. The molecule has 1 atom stereocenters. The van der Waals surface area contributed by atoms with E-state index in [1.54, 1.807) is 31.2 Å². The number of nitrogens with one attached hydrogen (secondary N) is 1. The van der Waals surface area contributed by atoms with Crippen molar-refractivity contribution in [2.24, 2.45) is 0 Å². The van der Waals surface area contributed by atoms with Gasteiger partial charge in [0.25, 0.3) is 5.91 Å². The minimum Gasteiger partial charge on any atom is -0.512 e. The molecule has 23 heavy (non-hydrogen) atoms. The summed E-state index contributed by atoms with van der Waals surface area (Å²) in [7, 11) is -2.06. The van der Waals surface area contributed by atoms with Crippen molar-refractivity contribution < 1.29 is 23.9 Å². The van der Waals surface area contributed by atoms with Crippen LogP contribution in [-0.2, 0) is 0 Å². The van der Waals surface area contributed by atoms with Crippen LogP contribution in [0.5, 0.6) is 5.75 Å². The first-order chi connectivity index (χ1) is 10.9. The fourth-order valence-corrected chi connectivity index (χ4v) is 2.21. The third kappa shape index (κ3) is 4.69. The molecular weight excluding hydrogens is 323 g/mol. The van der Waals surface area contributed by atoms with Gasteiger partial charge in [-0.05, 0) is 36.8 Å². The second-order valence-electron chi connectivity index (χ2n) is 4.84. The molecule has 3 N–H and O–H groups in total. The summed E-state index contributed by atoms with van der Waals surface area (Å²) >= 11 is 5.90. The van der Waals surface area contributed by atoms with Gasteiger partial charge in [-0.3, -0.25) is 4.79 Å². The van der Waals surface area contributed by atoms with Gasteiger partial charge in [-0.15, -0.1) is 0 Å². The number of benzene rings is 2. The van der Waals surface area contributed by atoms with Gasteiger partial charge in [0.2, 0.25) is 0 Å². The lowest BCUT2D eigenvalue weighted by Gasteiger charge is -2.15. The van der Waals surface area contributed by atoms with Crippen LogP contribution in [0.15, 0.2) is 42.5 Å². The second-order valence-corrected chi connectivity index (χ2v) is 5.27. The number of rotatable bonds is 5. The largest absolute Gasteiger partial charge is 0.707 e. The highest BCUT2D eigenvalue weighted by Gasteiger charge is 2.18. The molecule has 8 heteroatoms. The van der Waals surface area contributed by atoms with Crippen molar-refractivity contribution >= 4 is 24.8 Å². The number of carbonyl (C=O) groups is 1. The highest BCUT2D eigenvalue weighted by atomic mass is 35.5. The molecule has 2 aromatic carbocycles. The fraction of sp³-hybridized carbons (Fsp3) is 0.133. The molecule has 1 amide bonds. The monoisotopic (exact) mass is 337 g/mol. The smallest absolute Gasteiger partial charge is 0.512 e. The van der Waals surface area contributed by atoms with Crippen LogP contribution in [0.25, 0.3) is 0 Å². The topological polar surface area (TPSA) is 78.8 Å². The first-order valence-corrected chi connectivity index (χ1v) is 7.13. The molecule has 2 rings (SSSR count). The van der Waals surface area contributed by atoms with Gasteiger partial charge < -0.3 is 20.0 Å². The molecule has 0 heterocycles. The zero-order valence-electron chi connectivity index (χ0n) is 12.2. The highest BCUT2D eigenvalue weighted by molar-refractivity contribution is 6.33. The normalized spacial score (nSPS) is 11.7. The maximum atomic E-state index is 13.9. The summed E-state index contributed by atoms with van der Waals surface area (Å²) in [5, 5.41) is 20.5. The van der Waals surface area contributed by atoms with Crippen LogP contribution in [0.1, 0.15) is 28.9 Å². The fourth-order valence-electron chi connectivity index (χ4n) is 2.01. The van der Waals surface area contributed by atoms with Crippen molar-refractivity contribution in [1.82, 2.24) is 5.32 Å². The molecule has 0 aliphatic rings. The average molecular weight is 338 g/mol. The van der Waals surface area contributed by atoms with Crippen LogP contribution >= 0.6 is 11.6 Å². The van der Waals surface area contributed by atoms with Crippen molar-refractivity contribution in [1.29, 1.82) is 0 Å². The van der Waals surface area contributed by atoms with Crippen LogP contribution < -0.4 is 9.97 Å². The first-order valence-electron chi connectivity index (χ1n) is 6.75. The van der Waals surface area contributed by atoms with Crippen LogP contribution in [0.2, 0.25) is 5.02 Å². The standard InChI is InChI=1S/C15H14BClFNO4/c1-9(10-3-2-4-11(17)7-10)19-15(20)13-6-5-12(8-14(13)18)23-16(21)22/h2-9,21-22H,1H3,(H,19,20)/t9-/m1/s1. The Hall–Kier alpha value is -2.09. The summed E-state index contributed by atoms with van der Waals surface area (Å²) in [5.74, 6) is -1.54. The summed E-state index contributed by atoms with van der Waals surface area (Å²) in [6.07, 6.45) is 0. The maximum absolute atomic E-state index is 13.9. The van der Waals surface area contributed by atoms with Crippen molar-refractivity contribution in [3.63, 3.8) is 0 Å². The number of amides is 1. The lowest BCUT2D eigenvalue weighted by atomic mass is 10.1. The van der Waals surface area contributed by atoms with E-state index >= 15 is 0 Å². The van der Waals surface area contributed by atoms with Crippen LogP contribution in [0, 0.1) is 5.82 Å². The zero-order chi connectivity index (χ0) is 17.0. The second kappa shape index (κ2) is 7.46. The minimum atomic E-state index is -2.06. The Morgan fingerprint density at radius 3 is 2.65 bits per heavy atom. The van der Waals surface area contributed by atoms with E-state index in [1.165, 1.54) is 12.1 Å². The van der Waals surface area contributed by atoms with Gasteiger partial charge in [-0.2, -0.15) is 0 Å². The predicted octanol–water partition coefficient (Wildman–Crippen LogP) is 2.32. The Morgan fingerprint density at radius 1 is 1.30 bits per heavy atom. The van der Waals surface area contributed by atoms with Gasteiger partial charge >= 0.3 is 7.32 Å². The number of halogens is 2. The molecule has 2 aromatic rings. The van der Waals surface area contributed by atoms with E-state index in [0.29, 0.717) is 5.02 Å². The molecule has 5 nitrogen and oxygen atoms in total. The predicted molar refractivity (Wildman–Crippen MR) is 84.6 cm³/mol. The minimum absolute atomic E-state index is 0.100.